The summed E-state index contributed by atoms with van der Waals surface area (Å²) in [6, 6.07) is -0.498. The van der Waals surface area contributed by atoms with Gasteiger partial charge >= 0.3 is 12.0 Å². The van der Waals surface area contributed by atoms with Crippen LogP contribution in [-0.4, -0.2) is 42.9 Å². The number of ether oxygens (including phenoxy) is 1. The number of hydrogen-bond acceptors (Lipinski definition) is 3. The molecule has 0 saturated heterocycles. The van der Waals surface area contributed by atoms with E-state index in [0.717, 1.165) is 12.8 Å². The molecule has 0 bridgehead atoms. The van der Waals surface area contributed by atoms with Gasteiger partial charge in [-0.05, 0) is 12.8 Å². The number of carboxylic acids is 1. The van der Waals surface area contributed by atoms with E-state index in [1.54, 1.807) is 12.2 Å². The normalized spacial score (nSPS) is 21.3. The number of hydrogen-bond donors (Lipinski definition) is 3. The summed E-state index contributed by atoms with van der Waals surface area (Å²) in [7, 11) is 0. The zero-order chi connectivity index (χ0) is 14.1. The van der Waals surface area contributed by atoms with Crippen LogP contribution in [0.25, 0.3) is 0 Å². The quantitative estimate of drug-likeness (QED) is 0.456. The highest BCUT2D eigenvalue weighted by molar-refractivity contribution is 5.76. The standard InChI is InChI=1S/C13H22N2O4/c1-2-3-7-19-8-6-14-13(18)15-11-5-4-10(9-11)12(16)17/h4-5,10-11H,2-3,6-9H2,1H3,(H,16,17)(H2,14,15,18). The van der Waals surface area contributed by atoms with Crippen LogP contribution in [0.4, 0.5) is 4.79 Å². The van der Waals surface area contributed by atoms with E-state index < -0.39 is 11.9 Å². The van der Waals surface area contributed by atoms with Gasteiger partial charge in [0, 0.05) is 13.2 Å². The number of rotatable bonds is 8. The number of nitrogens with one attached hydrogen (secondary N) is 2. The second-order valence-electron chi connectivity index (χ2n) is 4.54. The second kappa shape index (κ2) is 8.53. The van der Waals surface area contributed by atoms with E-state index in [1.165, 1.54) is 0 Å². The van der Waals surface area contributed by atoms with E-state index in [2.05, 4.69) is 17.6 Å². The van der Waals surface area contributed by atoms with Gasteiger partial charge in [-0.2, -0.15) is 0 Å². The van der Waals surface area contributed by atoms with Crippen molar-refractivity contribution in [3.05, 3.63) is 12.2 Å². The summed E-state index contributed by atoms with van der Waals surface area (Å²) in [6.45, 7) is 3.75. The number of carbonyl (C=O) groups is 2. The third kappa shape index (κ3) is 6.24. The molecule has 0 aromatic rings. The van der Waals surface area contributed by atoms with Crippen LogP contribution < -0.4 is 10.6 Å². The summed E-state index contributed by atoms with van der Waals surface area (Å²) >= 11 is 0. The molecule has 2 amide bonds. The molecule has 2 atom stereocenters. The maximum atomic E-state index is 11.5. The minimum Gasteiger partial charge on any atom is -0.481 e. The average Bonchev–Trinajstić information content (AvgIpc) is 2.82. The molecule has 0 aromatic carbocycles. The van der Waals surface area contributed by atoms with Crippen molar-refractivity contribution in [1.82, 2.24) is 10.6 Å². The van der Waals surface area contributed by atoms with Gasteiger partial charge in [-0.25, -0.2) is 4.79 Å². The molecule has 0 radical (unpaired) electrons. The first kappa shape index (κ1) is 15.5. The monoisotopic (exact) mass is 270 g/mol. The Morgan fingerprint density at radius 1 is 1.37 bits per heavy atom. The molecule has 0 fully saturated rings. The fourth-order valence-electron chi connectivity index (χ4n) is 1.79. The topological polar surface area (TPSA) is 87.7 Å². The molecule has 0 saturated carbocycles. The Hall–Kier alpha value is -1.56. The molecule has 1 aliphatic rings. The van der Waals surface area contributed by atoms with E-state index in [4.69, 9.17) is 9.84 Å². The third-order valence-corrected chi connectivity index (χ3v) is 2.89. The van der Waals surface area contributed by atoms with Crippen LogP contribution in [0.1, 0.15) is 26.2 Å². The van der Waals surface area contributed by atoms with Crippen LogP contribution in [0, 0.1) is 5.92 Å². The zero-order valence-electron chi connectivity index (χ0n) is 11.2. The van der Waals surface area contributed by atoms with Crippen molar-refractivity contribution in [1.29, 1.82) is 0 Å². The summed E-state index contributed by atoms with van der Waals surface area (Å²) < 4.78 is 5.31. The minimum atomic E-state index is -0.856. The Bertz CT molecular complexity index is 331. The van der Waals surface area contributed by atoms with Crippen LogP contribution in [0.5, 0.6) is 0 Å². The summed E-state index contributed by atoms with van der Waals surface area (Å²) in [6.07, 6.45) is 5.86. The first-order chi connectivity index (χ1) is 9.13. The lowest BCUT2D eigenvalue weighted by molar-refractivity contribution is -0.140. The van der Waals surface area contributed by atoms with Crippen molar-refractivity contribution in [3.63, 3.8) is 0 Å². The van der Waals surface area contributed by atoms with Crippen LogP contribution in [-0.2, 0) is 9.53 Å². The summed E-state index contributed by atoms with van der Waals surface area (Å²) in [4.78, 5) is 22.2. The highest BCUT2D eigenvalue weighted by Crippen LogP contribution is 2.17. The Kier molecular flexibility index (Phi) is 6.95. The van der Waals surface area contributed by atoms with Crippen molar-refractivity contribution in [2.45, 2.75) is 32.2 Å². The van der Waals surface area contributed by atoms with Crippen molar-refractivity contribution < 1.29 is 19.4 Å². The van der Waals surface area contributed by atoms with Gasteiger partial charge in [0.25, 0.3) is 0 Å². The fraction of sp³-hybridized carbons (Fsp3) is 0.692. The number of unbranched alkanes of at least 4 members (excludes halogenated alkanes) is 1. The largest absolute Gasteiger partial charge is 0.481 e. The van der Waals surface area contributed by atoms with Crippen LogP contribution in [0.15, 0.2) is 12.2 Å². The zero-order valence-corrected chi connectivity index (χ0v) is 11.2. The van der Waals surface area contributed by atoms with Crippen LogP contribution in [0.2, 0.25) is 0 Å². The molecule has 19 heavy (non-hydrogen) atoms. The van der Waals surface area contributed by atoms with Gasteiger partial charge in [-0.1, -0.05) is 25.5 Å². The lowest BCUT2D eigenvalue weighted by Gasteiger charge is -2.13. The maximum Gasteiger partial charge on any atom is 0.315 e. The van der Waals surface area contributed by atoms with E-state index in [9.17, 15) is 9.59 Å². The summed E-state index contributed by atoms with van der Waals surface area (Å²) in [5, 5.41) is 14.2. The molecule has 2 unspecified atom stereocenters. The van der Waals surface area contributed by atoms with Crippen molar-refractivity contribution in [2.75, 3.05) is 19.8 Å². The highest BCUT2D eigenvalue weighted by atomic mass is 16.5. The number of carboxylic acid groups (broad SMARTS) is 1. The van der Waals surface area contributed by atoms with Gasteiger partial charge in [0.05, 0.1) is 18.6 Å². The Morgan fingerprint density at radius 2 is 2.16 bits per heavy atom. The Morgan fingerprint density at radius 3 is 2.79 bits per heavy atom. The smallest absolute Gasteiger partial charge is 0.315 e. The van der Waals surface area contributed by atoms with Crippen molar-refractivity contribution in [2.24, 2.45) is 5.92 Å². The summed E-state index contributed by atoms with van der Waals surface area (Å²) in [5.41, 5.74) is 0. The molecule has 1 rings (SSSR count). The van der Waals surface area contributed by atoms with Crippen molar-refractivity contribution >= 4 is 12.0 Å². The predicted molar refractivity (Wildman–Crippen MR) is 70.9 cm³/mol. The Balaban J connectivity index is 2.06. The SMILES string of the molecule is CCCCOCCNC(=O)NC1C=CC(C(=O)O)C1. The van der Waals surface area contributed by atoms with E-state index in [1.807, 2.05) is 0 Å². The lowest BCUT2D eigenvalue weighted by atomic mass is 10.1. The lowest BCUT2D eigenvalue weighted by Crippen LogP contribution is -2.42. The predicted octanol–water partition coefficient (Wildman–Crippen LogP) is 1.13. The van der Waals surface area contributed by atoms with Crippen molar-refractivity contribution in [3.8, 4) is 0 Å². The van der Waals surface area contributed by atoms with E-state index in [-0.39, 0.29) is 12.1 Å². The highest BCUT2D eigenvalue weighted by Gasteiger charge is 2.25. The van der Waals surface area contributed by atoms with Gasteiger partial charge in [0.15, 0.2) is 0 Å². The number of amides is 2. The Labute approximate surface area is 113 Å². The second-order valence-corrected chi connectivity index (χ2v) is 4.54. The van der Waals surface area contributed by atoms with Gasteiger partial charge in [-0.3, -0.25) is 4.79 Å². The third-order valence-electron chi connectivity index (χ3n) is 2.89. The molecular formula is C13H22N2O4. The molecule has 1 aliphatic carbocycles. The average molecular weight is 270 g/mol. The van der Waals surface area contributed by atoms with Crippen LogP contribution >= 0.6 is 0 Å². The summed E-state index contributed by atoms with van der Waals surface area (Å²) in [5.74, 6) is -1.35. The number of aliphatic carboxylic acids is 1. The molecule has 0 spiro atoms. The molecule has 6 heteroatoms. The molecule has 0 aromatic heterocycles. The first-order valence-electron chi connectivity index (χ1n) is 6.66. The maximum absolute atomic E-state index is 11.5. The van der Waals surface area contributed by atoms with E-state index in [0.29, 0.717) is 26.2 Å². The fourth-order valence-corrected chi connectivity index (χ4v) is 1.79. The molecule has 108 valence electrons. The minimum absolute atomic E-state index is 0.206. The molecule has 0 heterocycles. The first-order valence-corrected chi connectivity index (χ1v) is 6.66. The van der Waals surface area contributed by atoms with Gasteiger partial charge in [0.2, 0.25) is 0 Å². The van der Waals surface area contributed by atoms with Gasteiger partial charge < -0.3 is 20.5 Å². The van der Waals surface area contributed by atoms with Gasteiger partial charge in [-0.15, -0.1) is 0 Å². The number of urea groups is 1. The van der Waals surface area contributed by atoms with E-state index >= 15 is 0 Å². The molecule has 6 nitrogen and oxygen atoms in total. The van der Waals surface area contributed by atoms with Crippen LogP contribution in [0.3, 0.4) is 0 Å². The molecular weight excluding hydrogens is 248 g/mol. The molecule has 3 N–H and O–H groups in total. The molecule has 0 aliphatic heterocycles. The number of carbonyl (C=O) groups excluding carboxylic acids is 1. The van der Waals surface area contributed by atoms with Gasteiger partial charge in [0.1, 0.15) is 0 Å².